The second kappa shape index (κ2) is 10.7. The monoisotopic (exact) mass is 500 g/mol. The highest BCUT2D eigenvalue weighted by Gasteiger charge is 2.27. The predicted octanol–water partition coefficient (Wildman–Crippen LogP) is 2.88. The van der Waals surface area contributed by atoms with E-state index in [1.165, 1.54) is 11.3 Å². The summed E-state index contributed by atoms with van der Waals surface area (Å²) in [6.07, 6.45) is 6.29. The van der Waals surface area contributed by atoms with Crippen LogP contribution in [0, 0.1) is 0 Å². The Morgan fingerprint density at radius 3 is 2.72 bits per heavy atom. The van der Waals surface area contributed by atoms with Crippen LogP contribution in [0.5, 0.6) is 0 Å². The van der Waals surface area contributed by atoms with Crippen LogP contribution in [0.4, 0.5) is 5.00 Å². The number of sulfone groups is 1. The lowest BCUT2D eigenvalue weighted by molar-refractivity contribution is 0.0944. The van der Waals surface area contributed by atoms with Crippen molar-refractivity contribution in [3.8, 4) is 0 Å². The van der Waals surface area contributed by atoms with E-state index in [0.717, 1.165) is 48.6 Å². The molecule has 2 heterocycles. The molecule has 0 atom stereocenters. The van der Waals surface area contributed by atoms with Gasteiger partial charge in [0.2, 0.25) is 15.0 Å². The van der Waals surface area contributed by atoms with Gasteiger partial charge in [0.25, 0.3) is 11.8 Å². The standard InChI is InChI=1S/C20H25ClN4O5S2/c1-3-30-10-6-9-22-17(26)15-12-7-4-5-8-14(12)31-19(15)25-18(27)16-13(21)11-23-20(24-16)32(2,28)29/h11H,3-10H2,1-2H3,(H,22,26)(H,25,27). The Balaban J connectivity index is 1.86. The summed E-state index contributed by atoms with van der Waals surface area (Å²) in [4.78, 5) is 34.4. The summed E-state index contributed by atoms with van der Waals surface area (Å²) >= 11 is 7.41. The predicted molar refractivity (Wildman–Crippen MR) is 123 cm³/mol. The first kappa shape index (κ1) is 24.6. The van der Waals surface area contributed by atoms with Crippen molar-refractivity contribution in [2.75, 3.05) is 31.3 Å². The molecule has 32 heavy (non-hydrogen) atoms. The van der Waals surface area contributed by atoms with Crippen LogP contribution >= 0.6 is 22.9 Å². The van der Waals surface area contributed by atoms with Gasteiger partial charge in [0.15, 0.2) is 5.69 Å². The number of halogens is 1. The van der Waals surface area contributed by atoms with Gasteiger partial charge < -0.3 is 15.4 Å². The molecule has 0 aromatic carbocycles. The van der Waals surface area contributed by atoms with Gasteiger partial charge in [-0.25, -0.2) is 18.4 Å². The quantitative estimate of drug-likeness (QED) is 0.400. The Labute approximate surface area is 195 Å². The van der Waals surface area contributed by atoms with Crippen LogP contribution in [0.2, 0.25) is 5.02 Å². The van der Waals surface area contributed by atoms with Crippen LogP contribution < -0.4 is 10.6 Å². The summed E-state index contributed by atoms with van der Waals surface area (Å²) in [5.41, 5.74) is 1.13. The van der Waals surface area contributed by atoms with Crippen molar-refractivity contribution in [3.63, 3.8) is 0 Å². The van der Waals surface area contributed by atoms with Crippen molar-refractivity contribution in [1.82, 2.24) is 15.3 Å². The Hall–Kier alpha value is -2.08. The zero-order valence-corrected chi connectivity index (χ0v) is 20.3. The van der Waals surface area contributed by atoms with Crippen molar-refractivity contribution in [3.05, 3.63) is 32.9 Å². The molecule has 0 bridgehead atoms. The number of anilines is 1. The fourth-order valence-corrected chi connectivity index (χ4v) is 5.31. The molecule has 2 amide bonds. The van der Waals surface area contributed by atoms with Gasteiger partial charge >= 0.3 is 0 Å². The number of nitrogens with zero attached hydrogens (tertiary/aromatic N) is 2. The molecular weight excluding hydrogens is 476 g/mol. The van der Waals surface area contributed by atoms with E-state index in [1.54, 1.807) is 0 Å². The molecule has 1 aliphatic rings. The summed E-state index contributed by atoms with van der Waals surface area (Å²) in [6, 6.07) is 0. The van der Waals surface area contributed by atoms with Gasteiger partial charge in [0, 0.05) is 30.9 Å². The van der Waals surface area contributed by atoms with E-state index in [-0.39, 0.29) is 16.6 Å². The van der Waals surface area contributed by atoms with Gasteiger partial charge in [-0.1, -0.05) is 11.6 Å². The molecule has 0 radical (unpaired) electrons. The average molecular weight is 501 g/mol. The summed E-state index contributed by atoms with van der Waals surface area (Å²) in [7, 11) is -3.72. The van der Waals surface area contributed by atoms with Crippen LogP contribution in [0.3, 0.4) is 0 Å². The highest BCUT2D eigenvalue weighted by Crippen LogP contribution is 2.38. The smallest absolute Gasteiger partial charge is 0.276 e. The first-order valence-electron chi connectivity index (χ1n) is 10.3. The second-order valence-corrected chi connectivity index (χ2v) is 10.7. The zero-order chi connectivity index (χ0) is 23.3. The first-order chi connectivity index (χ1) is 15.2. The maximum Gasteiger partial charge on any atom is 0.276 e. The van der Waals surface area contributed by atoms with Gasteiger partial charge in [0.05, 0.1) is 16.8 Å². The van der Waals surface area contributed by atoms with E-state index in [1.807, 2.05) is 6.92 Å². The molecule has 2 aromatic heterocycles. The molecule has 12 heteroatoms. The van der Waals surface area contributed by atoms with Crippen LogP contribution in [-0.2, 0) is 27.4 Å². The highest BCUT2D eigenvalue weighted by atomic mass is 35.5. The Bertz CT molecular complexity index is 1120. The first-order valence-corrected chi connectivity index (χ1v) is 13.3. The number of hydrogen-bond donors (Lipinski definition) is 2. The fourth-order valence-electron chi connectivity index (χ4n) is 3.35. The van der Waals surface area contributed by atoms with E-state index in [2.05, 4.69) is 20.6 Å². The Morgan fingerprint density at radius 2 is 2.00 bits per heavy atom. The average Bonchev–Trinajstić information content (AvgIpc) is 3.10. The van der Waals surface area contributed by atoms with Gasteiger partial charge in [-0.05, 0) is 44.6 Å². The van der Waals surface area contributed by atoms with Gasteiger partial charge in [-0.2, -0.15) is 0 Å². The fraction of sp³-hybridized carbons (Fsp3) is 0.500. The number of thiophene rings is 1. The highest BCUT2D eigenvalue weighted by molar-refractivity contribution is 7.90. The van der Waals surface area contributed by atoms with E-state index in [0.29, 0.717) is 36.7 Å². The molecule has 0 fully saturated rings. The number of carbonyl (C=O) groups is 2. The molecule has 0 aliphatic heterocycles. The third-order valence-corrected chi connectivity index (χ3v) is 7.19. The van der Waals surface area contributed by atoms with E-state index < -0.39 is 20.9 Å². The summed E-state index contributed by atoms with van der Waals surface area (Å²) in [6.45, 7) is 3.53. The van der Waals surface area contributed by atoms with Crippen molar-refractivity contribution in [1.29, 1.82) is 0 Å². The maximum absolute atomic E-state index is 13.0. The van der Waals surface area contributed by atoms with Gasteiger partial charge in [-0.15, -0.1) is 11.3 Å². The molecule has 0 saturated heterocycles. The molecule has 2 N–H and O–H groups in total. The van der Waals surface area contributed by atoms with Crippen molar-refractivity contribution >= 4 is 49.6 Å². The minimum Gasteiger partial charge on any atom is -0.382 e. The van der Waals surface area contributed by atoms with Crippen LogP contribution in [-0.4, -0.2) is 56.2 Å². The molecule has 0 unspecified atom stereocenters. The number of nitrogens with one attached hydrogen (secondary N) is 2. The third-order valence-electron chi connectivity index (χ3n) is 4.85. The number of rotatable bonds is 9. The normalized spacial score (nSPS) is 13.5. The molecule has 3 rings (SSSR count). The lowest BCUT2D eigenvalue weighted by Crippen LogP contribution is -2.27. The number of aromatic nitrogens is 2. The lowest BCUT2D eigenvalue weighted by Gasteiger charge is -2.13. The second-order valence-electron chi connectivity index (χ2n) is 7.30. The lowest BCUT2D eigenvalue weighted by atomic mass is 9.95. The minimum atomic E-state index is -3.72. The number of amides is 2. The Morgan fingerprint density at radius 1 is 1.25 bits per heavy atom. The number of aryl methyl sites for hydroxylation is 1. The van der Waals surface area contributed by atoms with E-state index >= 15 is 0 Å². The molecule has 174 valence electrons. The largest absolute Gasteiger partial charge is 0.382 e. The van der Waals surface area contributed by atoms with E-state index in [4.69, 9.17) is 16.3 Å². The van der Waals surface area contributed by atoms with Crippen molar-refractivity contribution in [2.45, 2.75) is 44.2 Å². The van der Waals surface area contributed by atoms with Crippen molar-refractivity contribution in [2.24, 2.45) is 0 Å². The zero-order valence-electron chi connectivity index (χ0n) is 17.9. The van der Waals surface area contributed by atoms with Crippen LogP contribution in [0.15, 0.2) is 11.4 Å². The molecule has 1 aliphatic carbocycles. The molecule has 0 spiro atoms. The number of fused-ring (bicyclic) bond motifs is 1. The topological polar surface area (TPSA) is 127 Å². The molecule has 9 nitrogen and oxygen atoms in total. The van der Waals surface area contributed by atoms with Crippen LogP contribution in [0.25, 0.3) is 0 Å². The van der Waals surface area contributed by atoms with Gasteiger partial charge in [0.1, 0.15) is 5.00 Å². The number of carbonyl (C=O) groups excluding carboxylic acids is 2. The van der Waals surface area contributed by atoms with Gasteiger partial charge in [-0.3, -0.25) is 9.59 Å². The minimum absolute atomic E-state index is 0.0851. The molecular formula is C20H25ClN4O5S2. The third kappa shape index (κ3) is 5.83. The number of ether oxygens (including phenoxy) is 1. The number of hydrogen-bond acceptors (Lipinski definition) is 8. The van der Waals surface area contributed by atoms with Crippen molar-refractivity contribution < 1.29 is 22.7 Å². The summed E-state index contributed by atoms with van der Waals surface area (Å²) in [5, 5.41) is 5.43. The SMILES string of the molecule is CCOCCCNC(=O)c1c(NC(=O)c2nc(S(C)(=O)=O)ncc2Cl)sc2c1CCCC2. The van der Waals surface area contributed by atoms with E-state index in [9.17, 15) is 18.0 Å². The summed E-state index contributed by atoms with van der Waals surface area (Å²) < 4.78 is 28.8. The maximum atomic E-state index is 13.0. The Kier molecular flexibility index (Phi) is 8.21. The molecule has 0 saturated carbocycles. The molecule has 2 aromatic rings. The summed E-state index contributed by atoms with van der Waals surface area (Å²) in [5.74, 6) is -0.965. The van der Waals surface area contributed by atoms with Crippen LogP contribution in [0.1, 0.15) is 57.5 Å².